The van der Waals surface area contributed by atoms with Gasteiger partial charge in [0.1, 0.15) is 5.75 Å². The lowest BCUT2D eigenvalue weighted by atomic mass is 10.1. The summed E-state index contributed by atoms with van der Waals surface area (Å²) < 4.78 is 2.17. The molecule has 5 heteroatoms. The Labute approximate surface area is 122 Å². The maximum absolute atomic E-state index is 9.38. The van der Waals surface area contributed by atoms with Crippen molar-refractivity contribution in [2.24, 2.45) is 0 Å². The molecule has 1 aromatic carbocycles. The van der Waals surface area contributed by atoms with E-state index in [0.29, 0.717) is 11.7 Å². The highest BCUT2D eigenvalue weighted by Crippen LogP contribution is 2.31. The van der Waals surface area contributed by atoms with Gasteiger partial charge in [0.15, 0.2) is 11.3 Å². The number of hydrogen-bond donors (Lipinski definition) is 1. The molecule has 2 aromatic heterocycles. The average molecular weight is 280 g/mol. The van der Waals surface area contributed by atoms with Crippen LogP contribution in [0.2, 0.25) is 0 Å². The summed E-state index contributed by atoms with van der Waals surface area (Å²) in [5, 5.41) is 9.38. The third-order valence-electron chi connectivity index (χ3n) is 4.17. The summed E-state index contributed by atoms with van der Waals surface area (Å²) in [6.45, 7) is 0. The second-order valence-corrected chi connectivity index (χ2v) is 5.54. The van der Waals surface area contributed by atoms with Crippen LogP contribution in [0.3, 0.4) is 0 Å². The molecule has 0 bridgehead atoms. The molecular formula is C16H16N4O. The highest BCUT2D eigenvalue weighted by atomic mass is 16.3. The molecule has 0 spiro atoms. The first-order chi connectivity index (χ1) is 10.3. The van der Waals surface area contributed by atoms with Gasteiger partial charge in [-0.3, -0.25) is 0 Å². The normalized spacial score (nSPS) is 15.8. The minimum absolute atomic E-state index is 0.254. The molecule has 4 rings (SSSR count). The third kappa shape index (κ3) is 2.14. The van der Waals surface area contributed by atoms with E-state index in [1.54, 1.807) is 18.3 Å². The number of nitrogens with zero attached hydrogens (tertiary/aromatic N) is 4. The van der Waals surface area contributed by atoms with Gasteiger partial charge in [0.05, 0.1) is 18.2 Å². The molecule has 21 heavy (non-hydrogen) atoms. The van der Waals surface area contributed by atoms with Crippen molar-refractivity contribution in [3.63, 3.8) is 0 Å². The number of fused-ring (bicyclic) bond motifs is 1. The van der Waals surface area contributed by atoms with Crippen LogP contribution in [0, 0.1) is 0 Å². The van der Waals surface area contributed by atoms with Crippen molar-refractivity contribution in [1.82, 2.24) is 19.5 Å². The van der Waals surface area contributed by atoms with Crippen molar-refractivity contribution in [2.75, 3.05) is 0 Å². The first-order valence-electron chi connectivity index (χ1n) is 7.30. The van der Waals surface area contributed by atoms with Crippen LogP contribution in [0.25, 0.3) is 22.6 Å². The lowest BCUT2D eigenvalue weighted by Crippen LogP contribution is -2.04. The first kappa shape index (κ1) is 12.3. The molecule has 1 fully saturated rings. The molecule has 0 atom stereocenters. The molecule has 5 nitrogen and oxygen atoms in total. The molecule has 2 heterocycles. The maximum atomic E-state index is 9.38. The lowest BCUT2D eigenvalue weighted by Gasteiger charge is -2.11. The van der Waals surface area contributed by atoms with E-state index in [4.69, 9.17) is 4.98 Å². The number of imidazole rings is 1. The van der Waals surface area contributed by atoms with Gasteiger partial charge in [0.2, 0.25) is 0 Å². The molecule has 0 saturated heterocycles. The van der Waals surface area contributed by atoms with E-state index in [1.807, 2.05) is 18.5 Å². The van der Waals surface area contributed by atoms with Crippen molar-refractivity contribution < 1.29 is 5.11 Å². The van der Waals surface area contributed by atoms with Crippen molar-refractivity contribution in [1.29, 1.82) is 0 Å². The van der Waals surface area contributed by atoms with E-state index in [9.17, 15) is 5.11 Å². The molecule has 1 aliphatic carbocycles. The number of phenols is 1. The summed E-state index contributed by atoms with van der Waals surface area (Å²) in [4.78, 5) is 13.5. The molecule has 3 aromatic rings. The van der Waals surface area contributed by atoms with Gasteiger partial charge in [-0.1, -0.05) is 12.8 Å². The van der Waals surface area contributed by atoms with Crippen LogP contribution in [0.4, 0.5) is 0 Å². The molecule has 0 amide bonds. The largest absolute Gasteiger partial charge is 0.508 e. The Balaban J connectivity index is 1.80. The second kappa shape index (κ2) is 4.84. The number of hydrogen-bond acceptors (Lipinski definition) is 4. The fourth-order valence-electron chi connectivity index (χ4n) is 3.03. The van der Waals surface area contributed by atoms with Crippen molar-refractivity contribution in [3.05, 3.63) is 36.8 Å². The molecule has 106 valence electrons. The molecule has 1 aliphatic rings. The smallest absolute Gasteiger partial charge is 0.197 e. The Bertz CT molecular complexity index is 773. The average Bonchev–Trinajstić information content (AvgIpc) is 3.16. The summed E-state index contributed by atoms with van der Waals surface area (Å²) in [7, 11) is 0. The molecule has 0 unspecified atom stereocenters. The van der Waals surface area contributed by atoms with E-state index in [1.165, 1.54) is 25.7 Å². The lowest BCUT2D eigenvalue weighted by molar-refractivity contribution is 0.475. The summed E-state index contributed by atoms with van der Waals surface area (Å²) in [5.41, 5.74) is 3.31. The highest BCUT2D eigenvalue weighted by molar-refractivity contribution is 5.71. The minimum atomic E-state index is 0.254. The predicted molar refractivity (Wildman–Crippen MR) is 79.9 cm³/mol. The zero-order valence-corrected chi connectivity index (χ0v) is 11.6. The third-order valence-corrected chi connectivity index (χ3v) is 4.17. The first-order valence-corrected chi connectivity index (χ1v) is 7.30. The van der Waals surface area contributed by atoms with Crippen molar-refractivity contribution in [3.8, 4) is 17.0 Å². The Kier molecular flexibility index (Phi) is 2.84. The van der Waals surface area contributed by atoms with Crippen LogP contribution in [0.1, 0.15) is 31.7 Å². The molecule has 1 N–H and O–H groups in total. The van der Waals surface area contributed by atoms with Crippen LogP contribution >= 0.6 is 0 Å². The fourth-order valence-corrected chi connectivity index (χ4v) is 3.03. The Morgan fingerprint density at radius 3 is 2.57 bits per heavy atom. The van der Waals surface area contributed by atoms with Crippen molar-refractivity contribution >= 4 is 11.3 Å². The number of aromatic nitrogens is 4. The standard InChI is InChI=1S/C16H16N4O/c21-13-7-5-11(6-8-13)14-9-17-15-16(19-14)20(10-18-15)12-3-1-2-4-12/h5-10,12,21H,1-4H2. The van der Waals surface area contributed by atoms with Gasteiger partial charge in [0.25, 0.3) is 0 Å². The topological polar surface area (TPSA) is 63.8 Å². The SMILES string of the molecule is Oc1ccc(-c2cnc3ncn(C4CCCC4)c3n2)cc1. The number of phenolic OH excluding ortho intramolecular Hbond substituents is 1. The summed E-state index contributed by atoms with van der Waals surface area (Å²) in [6, 6.07) is 7.52. The Morgan fingerprint density at radius 2 is 1.81 bits per heavy atom. The van der Waals surface area contributed by atoms with Crippen LogP contribution in [-0.2, 0) is 0 Å². The summed E-state index contributed by atoms with van der Waals surface area (Å²) in [5.74, 6) is 0.254. The Morgan fingerprint density at radius 1 is 1.05 bits per heavy atom. The Hall–Kier alpha value is -2.43. The van der Waals surface area contributed by atoms with Crippen LogP contribution in [0.15, 0.2) is 36.8 Å². The fraction of sp³-hybridized carbons (Fsp3) is 0.312. The van der Waals surface area contributed by atoms with E-state index in [2.05, 4.69) is 14.5 Å². The summed E-state index contributed by atoms with van der Waals surface area (Å²) >= 11 is 0. The van der Waals surface area contributed by atoms with Crippen LogP contribution < -0.4 is 0 Å². The quantitative estimate of drug-likeness (QED) is 0.782. The predicted octanol–water partition coefficient (Wildman–Crippen LogP) is 3.31. The van der Waals surface area contributed by atoms with Gasteiger partial charge in [-0.2, -0.15) is 0 Å². The van der Waals surface area contributed by atoms with Gasteiger partial charge in [0, 0.05) is 11.6 Å². The zero-order valence-electron chi connectivity index (χ0n) is 11.6. The van der Waals surface area contributed by atoms with Crippen molar-refractivity contribution in [2.45, 2.75) is 31.7 Å². The maximum Gasteiger partial charge on any atom is 0.197 e. The van der Waals surface area contributed by atoms with Crippen LogP contribution in [-0.4, -0.2) is 24.6 Å². The van der Waals surface area contributed by atoms with Gasteiger partial charge >= 0.3 is 0 Å². The number of benzene rings is 1. The van der Waals surface area contributed by atoms with E-state index < -0.39 is 0 Å². The van der Waals surface area contributed by atoms with Crippen LogP contribution in [0.5, 0.6) is 5.75 Å². The highest BCUT2D eigenvalue weighted by Gasteiger charge is 2.20. The van der Waals surface area contributed by atoms with Gasteiger partial charge < -0.3 is 9.67 Å². The van der Waals surface area contributed by atoms with Gasteiger partial charge in [-0.25, -0.2) is 15.0 Å². The van der Waals surface area contributed by atoms with Gasteiger partial charge in [-0.05, 0) is 37.1 Å². The number of aromatic hydroxyl groups is 1. The van der Waals surface area contributed by atoms with E-state index in [0.717, 1.165) is 16.9 Å². The second-order valence-electron chi connectivity index (χ2n) is 5.54. The number of rotatable bonds is 2. The van der Waals surface area contributed by atoms with Gasteiger partial charge in [-0.15, -0.1) is 0 Å². The summed E-state index contributed by atoms with van der Waals surface area (Å²) in [6.07, 6.45) is 8.53. The molecule has 0 radical (unpaired) electrons. The monoisotopic (exact) mass is 280 g/mol. The molecule has 1 saturated carbocycles. The molecule has 0 aliphatic heterocycles. The van der Waals surface area contributed by atoms with E-state index >= 15 is 0 Å². The van der Waals surface area contributed by atoms with E-state index in [-0.39, 0.29) is 5.75 Å². The zero-order chi connectivity index (χ0) is 14.2. The minimum Gasteiger partial charge on any atom is -0.508 e. The molecular weight excluding hydrogens is 264 g/mol.